The molecule has 0 bridgehead atoms. The Bertz CT molecular complexity index is 438. The van der Waals surface area contributed by atoms with Crippen molar-refractivity contribution in [3.63, 3.8) is 0 Å². The number of thiophene rings is 1. The Kier molecular flexibility index (Phi) is 5.11. The van der Waals surface area contributed by atoms with Gasteiger partial charge < -0.3 is 15.0 Å². The van der Waals surface area contributed by atoms with Crippen LogP contribution in [0.5, 0.6) is 0 Å². The number of carbonyl (C=O) groups excluding carboxylic acids is 1. The van der Waals surface area contributed by atoms with E-state index in [1.165, 1.54) is 17.7 Å². The first-order valence-electron chi connectivity index (χ1n) is 7.70. The molecule has 1 atom stereocenters. The molecular formula is C15H23N3O2S. The highest BCUT2D eigenvalue weighted by atomic mass is 32.1. The van der Waals surface area contributed by atoms with Crippen molar-refractivity contribution in [1.29, 1.82) is 0 Å². The highest BCUT2D eigenvalue weighted by molar-refractivity contribution is 7.09. The predicted octanol–water partition coefficient (Wildman–Crippen LogP) is 1.75. The fraction of sp³-hybridized carbons (Fsp3) is 0.667. The summed E-state index contributed by atoms with van der Waals surface area (Å²) in [7, 11) is 0. The number of hydrogen-bond acceptors (Lipinski definition) is 4. The van der Waals surface area contributed by atoms with Crippen molar-refractivity contribution in [3.8, 4) is 0 Å². The number of carbonyl (C=O) groups is 1. The van der Waals surface area contributed by atoms with Gasteiger partial charge in [0.05, 0.1) is 12.6 Å². The van der Waals surface area contributed by atoms with Gasteiger partial charge in [-0.3, -0.25) is 4.90 Å². The minimum absolute atomic E-state index is 0.0557. The van der Waals surface area contributed by atoms with Crippen molar-refractivity contribution < 1.29 is 9.53 Å². The SMILES string of the molecule is O=C(NCc1cccs1)N1CCN(C[C@H]2CCCO2)CC1. The van der Waals surface area contributed by atoms with Crippen LogP contribution in [0.25, 0.3) is 0 Å². The highest BCUT2D eigenvalue weighted by Gasteiger charge is 2.24. The summed E-state index contributed by atoms with van der Waals surface area (Å²) in [4.78, 5) is 17.6. The second-order valence-corrected chi connectivity index (χ2v) is 6.69. The van der Waals surface area contributed by atoms with Crippen LogP contribution in [0.1, 0.15) is 17.7 Å². The second-order valence-electron chi connectivity index (χ2n) is 5.66. The van der Waals surface area contributed by atoms with Crippen LogP contribution in [0.3, 0.4) is 0 Å². The lowest BCUT2D eigenvalue weighted by Gasteiger charge is -2.35. The molecule has 116 valence electrons. The normalized spacial score (nSPS) is 23.4. The maximum atomic E-state index is 12.1. The molecule has 2 fully saturated rings. The third kappa shape index (κ3) is 4.18. The molecule has 0 unspecified atom stereocenters. The van der Waals surface area contributed by atoms with E-state index < -0.39 is 0 Å². The quantitative estimate of drug-likeness (QED) is 0.922. The molecule has 21 heavy (non-hydrogen) atoms. The maximum Gasteiger partial charge on any atom is 0.317 e. The van der Waals surface area contributed by atoms with E-state index in [9.17, 15) is 4.79 Å². The molecule has 0 radical (unpaired) electrons. The van der Waals surface area contributed by atoms with E-state index in [1.54, 1.807) is 11.3 Å². The van der Waals surface area contributed by atoms with Crippen molar-refractivity contribution in [1.82, 2.24) is 15.1 Å². The van der Waals surface area contributed by atoms with Crippen LogP contribution in [0.2, 0.25) is 0 Å². The summed E-state index contributed by atoms with van der Waals surface area (Å²) in [5.74, 6) is 0. The van der Waals surface area contributed by atoms with Crippen LogP contribution in [0.15, 0.2) is 17.5 Å². The zero-order chi connectivity index (χ0) is 14.5. The van der Waals surface area contributed by atoms with Gasteiger partial charge in [0.1, 0.15) is 0 Å². The molecule has 5 nitrogen and oxygen atoms in total. The van der Waals surface area contributed by atoms with Crippen molar-refractivity contribution in [2.45, 2.75) is 25.5 Å². The minimum Gasteiger partial charge on any atom is -0.377 e. The molecule has 3 heterocycles. The van der Waals surface area contributed by atoms with Gasteiger partial charge in [-0.05, 0) is 24.3 Å². The highest BCUT2D eigenvalue weighted by Crippen LogP contribution is 2.14. The standard InChI is InChI=1S/C15H23N3O2S/c19-15(16-11-14-4-2-10-21-14)18-7-5-17(6-8-18)12-13-3-1-9-20-13/h2,4,10,13H,1,3,5-9,11-12H2,(H,16,19)/t13-/m1/s1. The van der Waals surface area contributed by atoms with Crippen LogP contribution < -0.4 is 5.32 Å². The molecule has 0 aromatic carbocycles. The molecule has 2 amide bonds. The van der Waals surface area contributed by atoms with E-state index in [0.717, 1.165) is 39.3 Å². The van der Waals surface area contributed by atoms with E-state index in [1.807, 2.05) is 22.4 Å². The molecule has 1 aromatic heterocycles. The first-order chi connectivity index (χ1) is 10.3. The number of nitrogens with zero attached hydrogens (tertiary/aromatic N) is 2. The number of nitrogens with one attached hydrogen (secondary N) is 1. The Labute approximate surface area is 129 Å². The van der Waals surface area contributed by atoms with E-state index in [2.05, 4.69) is 10.2 Å². The number of piperazine rings is 1. The summed E-state index contributed by atoms with van der Waals surface area (Å²) in [6.07, 6.45) is 2.78. The van der Waals surface area contributed by atoms with Gasteiger partial charge in [0.2, 0.25) is 0 Å². The lowest BCUT2D eigenvalue weighted by atomic mass is 10.2. The van der Waals surface area contributed by atoms with E-state index in [0.29, 0.717) is 12.6 Å². The number of rotatable bonds is 4. The largest absolute Gasteiger partial charge is 0.377 e. The van der Waals surface area contributed by atoms with Gasteiger partial charge in [-0.2, -0.15) is 0 Å². The Hall–Kier alpha value is -1.11. The Morgan fingerprint density at radius 2 is 2.24 bits per heavy atom. The number of hydrogen-bond donors (Lipinski definition) is 1. The summed E-state index contributed by atoms with van der Waals surface area (Å²) < 4.78 is 5.68. The molecule has 0 aliphatic carbocycles. The van der Waals surface area contributed by atoms with Gasteiger partial charge in [-0.15, -0.1) is 11.3 Å². The molecule has 1 N–H and O–H groups in total. The first-order valence-corrected chi connectivity index (χ1v) is 8.58. The van der Waals surface area contributed by atoms with Gasteiger partial charge in [-0.25, -0.2) is 4.79 Å². The van der Waals surface area contributed by atoms with Gasteiger partial charge in [0.25, 0.3) is 0 Å². The van der Waals surface area contributed by atoms with Crippen molar-refractivity contribution in [2.75, 3.05) is 39.3 Å². The summed E-state index contributed by atoms with van der Waals surface area (Å²) in [6.45, 7) is 6.08. The topological polar surface area (TPSA) is 44.8 Å². The third-order valence-corrected chi connectivity index (χ3v) is 5.02. The molecule has 2 aliphatic rings. The molecule has 2 aliphatic heterocycles. The predicted molar refractivity (Wildman–Crippen MR) is 83.5 cm³/mol. The molecule has 3 rings (SSSR count). The molecule has 0 saturated carbocycles. The Balaban J connectivity index is 1.37. The minimum atomic E-state index is 0.0557. The third-order valence-electron chi connectivity index (χ3n) is 4.14. The summed E-state index contributed by atoms with van der Waals surface area (Å²) in [5.41, 5.74) is 0. The monoisotopic (exact) mass is 309 g/mol. The van der Waals surface area contributed by atoms with Crippen LogP contribution in [-0.2, 0) is 11.3 Å². The average Bonchev–Trinajstić information content (AvgIpc) is 3.19. The number of urea groups is 1. The van der Waals surface area contributed by atoms with E-state index in [-0.39, 0.29) is 6.03 Å². The Morgan fingerprint density at radius 3 is 2.90 bits per heavy atom. The van der Waals surface area contributed by atoms with Gasteiger partial charge in [0, 0.05) is 44.2 Å². The zero-order valence-electron chi connectivity index (χ0n) is 12.3. The van der Waals surface area contributed by atoms with Crippen molar-refractivity contribution in [3.05, 3.63) is 22.4 Å². The second kappa shape index (κ2) is 7.24. The first kappa shape index (κ1) is 14.8. The Morgan fingerprint density at radius 1 is 1.38 bits per heavy atom. The maximum absolute atomic E-state index is 12.1. The van der Waals surface area contributed by atoms with Crippen molar-refractivity contribution in [2.24, 2.45) is 0 Å². The fourth-order valence-electron chi connectivity index (χ4n) is 2.90. The summed E-state index contributed by atoms with van der Waals surface area (Å²) in [5, 5.41) is 5.03. The van der Waals surface area contributed by atoms with Crippen LogP contribution in [0.4, 0.5) is 4.79 Å². The van der Waals surface area contributed by atoms with Crippen LogP contribution in [-0.4, -0.2) is 61.3 Å². The fourth-order valence-corrected chi connectivity index (χ4v) is 3.54. The molecule has 6 heteroatoms. The molecule has 0 spiro atoms. The number of amides is 2. The average molecular weight is 309 g/mol. The zero-order valence-corrected chi connectivity index (χ0v) is 13.1. The summed E-state index contributed by atoms with van der Waals surface area (Å²) in [6, 6.07) is 4.11. The van der Waals surface area contributed by atoms with Gasteiger partial charge in [-0.1, -0.05) is 6.07 Å². The van der Waals surface area contributed by atoms with E-state index in [4.69, 9.17) is 4.74 Å². The molecular weight excluding hydrogens is 286 g/mol. The van der Waals surface area contributed by atoms with Gasteiger partial charge in [0.15, 0.2) is 0 Å². The van der Waals surface area contributed by atoms with Gasteiger partial charge >= 0.3 is 6.03 Å². The lowest BCUT2D eigenvalue weighted by Crippen LogP contribution is -2.52. The van der Waals surface area contributed by atoms with Crippen LogP contribution >= 0.6 is 11.3 Å². The smallest absolute Gasteiger partial charge is 0.317 e. The lowest BCUT2D eigenvalue weighted by molar-refractivity contribution is 0.0561. The van der Waals surface area contributed by atoms with Crippen LogP contribution in [0, 0.1) is 0 Å². The van der Waals surface area contributed by atoms with Crippen molar-refractivity contribution >= 4 is 17.4 Å². The molecule has 1 aromatic rings. The van der Waals surface area contributed by atoms with E-state index >= 15 is 0 Å². The molecule has 2 saturated heterocycles. The summed E-state index contributed by atoms with van der Waals surface area (Å²) >= 11 is 1.67. The number of ether oxygens (including phenoxy) is 1.